The highest BCUT2D eigenvalue weighted by molar-refractivity contribution is 5.69. The molecule has 2 nitrogen and oxygen atoms in total. The van der Waals surface area contributed by atoms with Crippen LogP contribution in [-0.4, -0.2) is 11.1 Å². The second-order valence-corrected chi connectivity index (χ2v) is 4.54. The van der Waals surface area contributed by atoms with Crippen LogP contribution < -0.4 is 0 Å². The molecule has 0 saturated carbocycles. The van der Waals surface area contributed by atoms with E-state index < -0.39 is 5.97 Å². The molecule has 2 unspecified atom stereocenters. The molecule has 1 aromatic rings. The minimum Gasteiger partial charge on any atom is -0.481 e. The van der Waals surface area contributed by atoms with Gasteiger partial charge in [-0.1, -0.05) is 38.5 Å². The van der Waals surface area contributed by atoms with Crippen molar-refractivity contribution in [3.05, 3.63) is 35.6 Å². The van der Waals surface area contributed by atoms with Crippen LogP contribution in [0.5, 0.6) is 0 Å². The monoisotopic (exact) mass is 238 g/mol. The summed E-state index contributed by atoms with van der Waals surface area (Å²) in [6.07, 6.45) is 2.08. The van der Waals surface area contributed by atoms with E-state index >= 15 is 0 Å². The molecule has 0 aliphatic rings. The highest BCUT2D eigenvalue weighted by atomic mass is 19.1. The van der Waals surface area contributed by atoms with Crippen molar-refractivity contribution in [1.82, 2.24) is 0 Å². The van der Waals surface area contributed by atoms with Gasteiger partial charge in [0.1, 0.15) is 5.82 Å². The maximum Gasteiger partial charge on any atom is 0.306 e. The van der Waals surface area contributed by atoms with E-state index in [0.29, 0.717) is 18.4 Å². The van der Waals surface area contributed by atoms with Gasteiger partial charge in [-0.05, 0) is 30.4 Å². The van der Waals surface area contributed by atoms with Crippen molar-refractivity contribution in [1.29, 1.82) is 0 Å². The van der Waals surface area contributed by atoms with Crippen LogP contribution in [0.3, 0.4) is 0 Å². The lowest BCUT2D eigenvalue weighted by Crippen LogP contribution is -2.16. The summed E-state index contributed by atoms with van der Waals surface area (Å²) >= 11 is 0. The highest BCUT2D eigenvalue weighted by Crippen LogP contribution is 2.22. The second-order valence-electron chi connectivity index (χ2n) is 4.54. The normalized spacial score (nSPS) is 14.3. The molecule has 0 fully saturated rings. The average molecular weight is 238 g/mol. The van der Waals surface area contributed by atoms with Gasteiger partial charge in [0.2, 0.25) is 0 Å². The molecule has 0 aliphatic carbocycles. The van der Waals surface area contributed by atoms with Gasteiger partial charge in [-0.3, -0.25) is 4.79 Å². The van der Waals surface area contributed by atoms with Gasteiger partial charge in [0.05, 0.1) is 5.92 Å². The van der Waals surface area contributed by atoms with Gasteiger partial charge in [0.25, 0.3) is 0 Å². The van der Waals surface area contributed by atoms with Crippen molar-refractivity contribution in [2.24, 2.45) is 11.8 Å². The van der Waals surface area contributed by atoms with Crippen LogP contribution in [0.2, 0.25) is 0 Å². The molecule has 0 amide bonds. The summed E-state index contributed by atoms with van der Waals surface area (Å²) in [5.74, 6) is -1.13. The Hall–Kier alpha value is -1.38. The maximum atomic E-state index is 13.5. The predicted molar refractivity (Wildman–Crippen MR) is 65.3 cm³/mol. The van der Waals surface area contributed by atoms with Gasteiger partial charge in [-0.15, -0.1) is 0 Å². The zero-order chi connectivity index (χ0) is 12.8. The van der Waals surface area contributed by atoms with Gasteiger partial charge >= 0.3 is 5.97 Å². The van der Waals surface area contributed by atoms with Crippen molar-refractivity contribution in [3.63, 3.8) is 0 Å². The number of aliphatic carboxylic acids is 1. The van der Waals surface area contributed by atoms with E-state index in [0.717, 1.165) is 6.42 Å². The number of hydrogen-bond donors (Lipinski definition) is 1. The molecule has 0 aromatic heterocycles. The molecule has 1 rings (SSSR count). The third-order valence-corrected chi connectivity index (χ3v) is 3.15. The van der Waals surface area contributed by atoms with Crippen LogP contribution in [0.15, 0.2) is 24.3 Å². The van der Waals surface area contributed by atoms with Crippen LogP contribution in [-0.2, 0) is 11.2 Å². The lowest BCUT2D eigenvalue weighted by molar-refractivity contribution is -0.141. The minimum absolute atomic E-state index is 0.200. The van der Waals surface area contributed by atoms with Crippen molar-refractivity contribution in [2.45, 2.75) is 33.1 Å². The Morgan fingerprint density at radius 1 is 1.41 bits per heavy atom. The van der Waals surface area contributed by atoms with Gasteiger partial charge in [-0.2, -0.15) is 0 Å². The van der Waals surface area contributed by atoms with Gasteiger partial charge < -0.3 is 5.11 Å². The largest absolute Gasteiger partial charge is 0.481 e. The molecule has 17 heavy (non-hydrogen) atoms. The van der Waals surface area contributed by atoms with Crippen LogP contribution in [0.25, 0.3) is 0 Å². The quantitative estimate of drug-likeness (QED) is 0.823. The van der Waals surface area contributed by atoms with E-state index in [4.69, 9.17) is 5.11 Å². The SMILES string of the molecule is CCC(Cc1ccccc1F)CC(C)C(=O)O. The smallest absolute Gasteiger partial charge is 0.306 e. The Labute approximate surface area is 101 Å². The first-order valence-electron chi connectivity index (χ1n) is 6.00. The number of halogens is 1. The Bertz CT molecular complexity index is 376. The van der Waals surface area contributed by atoms with Crippen LogP contribution in [0.4, 0.5) is 4.39 Å². The topological polar surface area (TPSA) is 37.3 Å². The van der Waals surface area contributed by atoms with E-state index in [2.05, 4.69) is 0 Å². The molecule has 2 atom stereocenters. The Morgan fingerprint density at radius 3 is 2.59 bits per heavy atom. The number of rotatable bonds is 6. The third-order valence-electron chi connectivity index (χ3n) is 3.15. The lowest BCUT2D eigenvalue weighted by atomic mass is 9.88. The number of carboxylic acid groups (broad SMARTS) is 1. The van der Waals surface area contributed by atoms with E-state index in [1.165, 1.54) is 6.07 Å². The molecule has 3 heteroatoms. The fourth-order valence-electron chi connectivity index (χ4n) is 1.97. The molecule has 0 heterocycles. The third kappa shape index (κ3) is 4.17. The Balaban J connectivity index is 2.64. The van der Waals surface area contributed by atoms with E-state index in [-0.39, 0.29) is 17.7 Å². The molecule has 1 N–H and O–H groups in total. The summed E-state index contributed by atoms with van der Waals surface area (Å²) < 4.78 is 13.5. The van der Waals surface area contributed by atoms with Crippen LogP contribution in [0, 0.1) is 17.7 Å². The average Bonchev–Trinajstić information content (AvgIpc) is 2.30. The summed E-state index contributed by atoms with van der Waals surface area (Å²) in [5, 5.41) is 8.87. The van der Waals surface area contributed by atoms with Gasteiger partial charge in [0, 0.05) is 0 Å². The molecule has 0 bridgehead atoms. The van der Waals surface area contributed by atoms with Gasteiger partial charge in [0.15, 0.2) is 0 Å². The molecular formula is C14H19FO2. The molecule has 0 aliphatic heterocycles. The number of hydrogen-bond acceptors (Lipinski definition) is 1. The molecule has 1 aromatic carbocycles. The predicted octanol–water partition coefficient (Wildman–Crippen LogP) is 3.51. The second kappa shape index (κ2) is 6.38. The number of benzene rings is 1. The van der Waals surface area contributed by atoms with Crippen molar-refractivity contribution >= 4 is 5.97 Å². The van der Waals surface area contributed by atoms with E-state index in [1.54, 1.807) is 19.1 Å². The summed E-state index contributed by atoms with van der Waals surface area (Å²) in [6, 6.07) is 6.69. The minimum atomic E-state index is -0.781. The Kier molecular flexibility index (Phi) is 5.13. The summed E-state index contributed by atoms with van der Waals surface area (Å²) in [7, 11) is 0. The van der Waals surface area contributed by atoms with E-state index in [9.17, 15) is 9.18 Å². The molecule has 0 spiro atoms. The molecule has 0 saturated heterocycles. The van der Waals surface area contributed by atoms with Crippen molar-refractivity contribution < 1.29 is 14.3 Å². The van der Waals surface area contributed by atoms with Crippen molar-refractivity contribution in [2.75, 3.05) is 0 Å². The highest BCUT2D eigenvalue weighted by Gasteiger charge is 2.18. The Morgan fingerprint density at radius 2 is 2.06 bits per heavy atom. The van der Waals surface area contributed by atoms with Crippen molar-refractivity contribution in [3.8, 4) is 0 Å². The first kappa shape index (κ1) is 13.7. The number of carboxylic acids is 1. The first-order chi connectivity index (χ1) is 8.04. The fourth-order valence-corrected chi connectivity index (χ4v) is 1.97. The standard InChI is InChI=1S/C14H19FO2/c1-3-11(8-10(2)14(16)17)9-12-6-4-5-7-13(12)15/h4-7,10-11H,3,8-9H2,1-2H3,(H,16,17). The molecule has 0 radical (unpaired) electrons. The summed E-state index contributed by atoms with van der Waals surface area (Å²) in [6.45, 7) is 3.71. The van der Waals surface area contributed by atoms with Crippen LogP contribution >= 0.6 is 0 Å². The lowest BCUT2D eigenvalue weighted by Gasteiger charge is -2.17. The zero-order valence-corrected chi connectivity index (χ0v) is 10.3. The summed E-state index contributed by atoms with van der Waals surface area (Å²) in [4.78, 5) is 10.8. The number of carbonyl (C=O) groups is 1. The summed E-state index contributed by atoms with van der Waals surface area (Å²) in [5.41, 5.74) is 0.678. The molecule has 94 valence electrons. The van der Waals surface area contributed by atoms with Gasteiger partial charge in [-0.25, -0.2) is 4.39 Å². The zero-order valence-electron chi connectivity index (χ0n) is 10.3. The first-order valence-corrected chi connectivity index (χ1v) is 6.00. The van der Waals surface area contributed by atoms with Crippen LogP contribution in [0.1, 0.15) is 32.3 Å². The fraction of sp³-hybridized carbons (Fsp3) is 0.500. The maximum absolute atomic E-state index is 13.5. The van der Waals surface area contributed by atoms with E-state index in [1.807, 2.05) is 13.0 Å². The molecular weight excluding hydrogens is 219 g/mol.